The van der Waals surface area contributed by atoms with E-state index in [2.05, 4.69) is 68.6 Å². The Labute approximate surface area is 202 Å². The van der Waals surface area contributed by atoms with Gasteiger partial charge in [0.25, 0.3) is 5.91 Å². The van der Waals surface area contributed by atoms with Crippen LogP contribution in [0.2, 0.25) is 0 Å². The number of likely N-dealkylation sites (tertiary alicyclic amines) is 1. The average molecular weight is 467 g/mol. The second-order valence-electron chi connectivity index (χ2n) is 9.80. The average Bonchev–Trinajstić information content (AvgIpc) is 3.48. The molecule has 3 aliphatic rings. The van der Waals surface area contributed by atoms with Gasteiger partial charge in [0.15, 0.2) is 11.5 Å². The molecule has 2 aromatic carbocycles. The lowest BCUT2D eigenvalue weighted by molar-refractivity contribution is -0.0139. The third kappa shape index (κ3) is 3.11. The molecule has 0 spiro atoms. The topological polar surface area (TPSA) is 90.7 Å². The second kappa shape index (κ2) is 7.51. The summed E-state index contributed by atoms with van der Waals surface area (Å²) in [6.45, 7) is 7.30. The van der Waals surface area contributed by atoms with Gasteiger partial charge in [-0.05, 0) is 49.7 Å². The van der Waals surface area contributed by atoms with E-state index in [9.17, 15) is 4.79 Å². The highest BCUT2D eigenvalue weighted by molar-refractivity contribution is 5.98. The Morgan fingerprint density at radius 2 is 2.00 bits per heavy atom. The summed E-state index contributed by atoms with van der Waals surface area (Å²) < 4.78 is 1.79. The fraction of sp³-hybridized carbons (Fsp3) is 0.308. The molecule has 0 bridgehead atoms. The third-order valence-electron chi connectivity index (χ3n) is 7.54. The summed E-state index contributed by atoms with van der Waals surface area (Å²) in [5.41, 5.74) is 6.33. The molecule has 35 heavy (non-hydrogen) atoms. The number of carbonyl (C=O) groups excluding carboxylic acids is 1. The van der Waals surface area contributed by atoms with Crippen molar-refractivity contribution >= 4 is 28.7 Å². The van der Waals surface area contributed by atoms with E-state index in [0.29, 0.717) is 36.1 Å². The molecule has 2 saturated heterocycles. The van der Waals surface area contributed by atoms with E-state index < -0.39 is 0 Å². The Kier molecular flexibility index (Phi) is 4.38. The number of piperazine rings is 1. The fourth-order valence-corrected chi connectivity index (χ4v) is 5.57. The zero-order valence-corrected chi connectivity index (χ0v) is 19.6. The number of amides is 1. The smallest absolute Gasteiger partial charge is 0.251 e. The Balaban J connectivity index is 1.15. The van der Waals surface area contributed by atoms with Crippen LogP contribution in [0.15, 0.2) is 55.0 Å². The molecule has 7 rings (SSSR count). The molecule has 9 nitrogen and oxygen atoms in total. The SMILES string of the molecule is CC(C)N1CC2C1CN2c1cccc(Nc2ncc(-c3ccc4c(c3)CNC4=O)n3ncnc23)c1. The van der Waals surface area contributed by atoms with Crippen molar-refractivity contribution in [2.75, 3.05) is 23.3 Å². The maximum Gasteiger partial charge on any atom is 0.251 e. The van der Waals surface area contributed by atoms with E-state index in [4.69, 9.17) is 4.98 Å². The number of aromatic nitrogens is 4. The van der Waals surface area contributed by atoms with Crippen LogP contribution in [0.4, 0.5) is 17.2 Å². The van der Waals surface area contributed by atoms with Crippen molar-refractivity contribution in [3.05, 3.63) is 66.1 Å². The Hall–Kier alpha value is -3.98. The summed E-state index contributed by atoms with van der Waals surface area (Å²) in [5, 5.41) is 10.8. The number of hydrogen-bond acceptors (Lipinski definition) is 7. The number of nitrogens with one attached hydrogen (secondary N) is 2. The van der Waals surface area contributed by atoms with E-state index in [1.54, 1.807) is 10.7 Å². The normalized spacial score (nSPS) is 20.9. The first-order chi connectivity index (χ1) is 17.1. The number of benzene rings is 2. The quantitative estimate of drug-likeness (QED) is 0.467. The Morgan fingerprint density at radius 3 is 2.83 bits per heavy atom. The number of hydrogen-bond donors (Lipinski definition) is 2. The monoisotopic (exact) mass is 466 g/mol. The van der Waals surface area contributed by atoms with Gasteiger partial charge >= 0.3 is 0 Å². The summed E-state index contributed by atoms with van der Waals surface area (Å²) in [5.74, 6) is 0.623. The molecule has 0 aliphatic carbocycles. The minimum atomic E-state index is -0.0272. The predicted octanol–water partition coefficient (Wildman–Crippen LogP) is 3.06. The Bertz CT molecular complexity index is 1480. The van der Waals surface area contributed by atoms with Crippen LogP contribution in [0.25, 0.3) is 16.9 Å². The Morgan fingerprint density at radius 1 is 1.09 bits per heavy atom. The molecular formula is C26H26N8O. The largest absolute Gasteiger partial charge is 0.364 e. The van der Waals surface area contributed by atoms with Crippen LogP contribution < -0.4 is 15.5 Å². The van der Waals surface area contributed by atoms with Crippen molar-refractivity contribution in [3.63, 3.8) is 0 Å². The highest BCUT2D eigenvalue weighted by Crippen LogP contribution is 2.39. The zero-order valence-electron chi connectivity index (χ0n) is 19.6. The summed E-state index contributed by atoms with van der Waals surface area (Å²) >= 11 is 0. The van der Waals surface area contributed by atoms with Crippen molar-refractivity contribution < 1.29 is 4.79 Å². The first kappa shape index (κ1) is 20.4. The molecule has 2 fully saturated rings. The predicted molar refractivity (Wildman–Crippen MR) is 134 cm³/mol. The summed E-state index contributed by atoms with van der Waals surface area (Å²) in [6.07, 6.45) is 3.34. The summed E-state index contributed by atoms with van der Waals surface area (Å²) in [6, 6.07) is 16.2. The fourth-order valence-electron chi connectivity index (χ4n) is 5.57. The first-order valence-corrected chi connectivity index (χ1v) is 12.1. The molecule has 0 radical (unpaired) electrons. The van der Waals surface area contributed by atoms with Crippen molar-refractivity contribution in [2.45, 2.75) is 38.5 Å². The molecule has 1 amide bonds. The second-order valence-corrected chi connectivity index (χ2v) is 9.80. The molecular weight excluding hydrogens is 440 g/mol. The molecule has 176 valence electrons. The molecule has 0 saturated carbocycles. The van der Waals surface area contributed by atoms with Gasteiger partial charge in [0.05, 0.1) is 17.9 Å². The van der Waals surface area contributed by atoms with Crippen molar-refractivity contribution in [3.8, 4) is 11.3 Å². The van der Waals surface area contributed by atoms with Crippen LogP contribution >= 0.6 is 0 Å². The third-order valence-corrected chi connectivity index (χ3v) is 7.54. The lowest BCUT2D eigenvalue weighted by Crippen LogP contribution is -2.80. The van der Waals surface area contributed by atoms with Gasteiger partial charge in [-0.3, -0.25) is 9.69 Å². The van der Waals surface area contributed by atoms with Crippen LogP contribution in [0.5, 0.6) is 0 Å². The number of nitrogens with zero attached hydrogens (tertiary/aromatic N) is 6. The van der Waals surface area contributed by atoms with Gasteiger partial charge in [-0.25, -0.2) is 14.5 Å². The molecule has 2 aromatic heterocycles. The number of carbonyl (C=O) groups is 1. The zero-order chi connectivity index (χ0) is 23.7. The van der Waals surface area contributed by atoms with Crippen LogP contribution in [-0.2, 0) is 6.54 Å². The summed E-state index contributed by atoms with van der Waals surface area (Å²) in [7, 11) is 0. The van der Waals surface area contributed by atoms with E-state index in [0.717, 1.165) is 41.2 Å². The van der Waals surface area contributed by atoms with E-state index in [1.807, 2.05) is 18.2 Å². The highest BCUT2D eigenvalue weighted by atomic mass is 16.1. The minimum absolute atomic E-state index is 0.0272. The van der Waals surface area contributed by atoms with Crippen molar-refractivity contribution in [1.82, 2.24) is 29.8 Å². The molecule has 2 N–H and O–H groups in total. The molecule has 2 unspecified atom stereocenters. The maximum absolute atomic E-state index is 11.9. The van der Waals surface area contributed by atoms with Crippen LogP contribution in [-0.4, -0.2) is 61.6 Å². The molecule has 2 atom stereocenters. The van der Waals surface area contributed by atoms with E-state index in [1.165, 1.54) is 12.0 Å². The minimum Gasteiger partial charge on any atom is -0.364 e. The summed E-state index contributed by atoms with van der Waals surface area (Å²) in [4.78, 5) is 26.1. The maximum atomic E-state index is 11.9. The van der Waals surface area contributed by atoms with Crippen LogP contribution in [0.1, 0.15) is 29.8 Å². The van der Waals surface area contributed by atoms with Gasteiger partial charge in [0, 0.05) is 54.2 Å². The van der Waals surface area contributed by atoms with E-state index in [-0.39, 0.29) is 5.91 Å². The van der Waals surface area contributed by atoms with Gasteiger partial charge in [-0.1, -0.05) is 12.1 Å². The molecule has 4 aromatic rings. The highest BCUT2D eigenvalue weighted by Gasteiger charge is 2.52. The van der Waals surface area contributed by atoms with Gasteiger partial charge in [0.1, 0.15) is 6.33 Å². The molecule has 5 heterocycles. The number of anilines is 3. The molecule has 9 heteroatoms. The van der Waals surface area contributed by atoms with Gasteiger partial charge in [-0.2, -0.15) is 5.10 Å². The van der Waals surface area contributed by atoms with Crippen LogP contribution in [0.3, 0.4) is 0 Å². The van der Waals surface area contributed by atoms with Gasteiger partial charge < -0.3 is 15.5 Å². The molecule has 3 aliphatic heterocycles. The van der Waals surface area contributed by atoms with Crippen LogP contribution in [0, 0.1) is 0 Å². The lowest BCUT2D eigenvalue weighted by Gasteiger charge is -2.64. The van der Waals surface area contributed by atoms with Crippen molar-refractivity contribution in [1.29, 1.82) is 0 Å². The van der Waals surface area contributed by atoms with Gasteiger partial charge in [-0.15, -0.1) is 0 Å². The van der Waals surface area contributed by atoms with Crippen molar-refractivity contribution in [2.24, 2.45) is 0 Å². The lowest BCUT2D eigenvalue weighted by atomic mass is 9.83. The first-order valence-electron chi connectivity index (χ1n) is 12.1. The standard InChI is InChI=1S/C26H26N8O/c1-15(2)32-12-23-22(32)13-33(23)19-5-3-4-18(9-19)31-24-25-29-14-30-34(25)21(11-27-24)16-6-7-20-17(8-16)10-28-26(20)35/h3-9,11,14-15,22-23H,10,12-13H2,1-2H3,(H,27,31)(H,28,35). The number of rotatable bonds is 5. The number of fused-ring (bicyclic) bond motifs is 3. The van der Waals surface area contributed by atoms with E-state index >= 15 is 0 Å². The van der Waals surface area contributed by atoms with Gasteiger partial charge in [0.2, 0.25) is 0 Å².